The first-order chi connectivity index (χ1) is 6.15. The molecule has 1 atom stereocenters. The molecule has 0 aliphatic carbocycles. The second-order valence-corrected chi connectivity index (χ2v) is 3.35. The molecule has 0 saturated carbocycles. The van der Waals surface area contributed by atoms with Gasteiger partial charge in [0.05, 0.1) is 6.61 Å². The quantitative estimate of drug-likeness (QED) is 0.623. The molecule has 4 heteroatoms. The third kappa shape index (κ3) is 2.44. The number of ether oxygens (including phenoxy) is 2. The molecule has 0 aromatic heterocycles. The minimum Gasteiger partial charge on any atom is -0.450 e. The number of cyclic esters (lactones) is 1. The Kier molecular flexibility index (Phi) is 3.28. The zero-order valence-corrected chi connectivity index (χ0v) is 8.24. The van der Waals surface area contributed by atoms with Crippen LogP contribution in [0.3, 0.4) is 0 Å². The van der Waals surface area contributed by atoms with Gasteiger partial charge >= 0.3 is 12.1 Å². The zero-order valence-electron chi connectivity index (χ0n) is 8.24. The summed E-state index contributed by atoms with van der Waals surface area (Å²) in [6, 6.07) is -0.383. The largest absolute Gasteiger partial charge is 0.450 e. The number of hydrogen-bond acceptors (Lipinski definition) is 4. The molecular formula is C9H15NO3. The molecule has 0 spiro atoms. The zero-order chi connectivity index (χ0) is 9.84. The van der Waals surface area contributed by atoms with Crippen molar-refractivity contribution < 1.29 is 14.3 Å². The van der Waals surface area contributed by atoms with E-state index < -0.39 is 0 Å². The fourth-order valence-electron chi connectivity index (χ4n) is 1.02. The van der Waals surface area contributed by atoms with Crippen molar-refractivity contribution in [2.45, 2.75) is 33.2 Å². The first-order valence-electron chi connectivity index (χ1n) is 4.57. The van der Waals surface area contributed by atoms with Gasteiger partial charge in [0, 0.05) is 0 Å². The Bertz CT molecular complexity index is 223. The lowest BCUT2D eigenvalue weighted by Gasteiger charge is -2.04. The first-order valence-corrected chi connectivity index (χ1v) is 4.57. The van der Waals surface area contributed by atoms with Crippen LogP contribution >= 0.6 is 0 Å². The molecule has 1 rings (SSSR count). The van der Waals surface area contributed by atoms with E-state index in [2.05, 4.69) is 4.99 Å². The highest BCUT2D eigenvalue weighted by Gasteiger charge is 2.32. The Hall–Kier alpha value is -1.06. The van der Waals surface area contributed by atoms with Crippen LogP contribution in [0.1, 0.15) is 27.2 Å². The van der Waals surface area contributed by atoms with E-state index in [0.717, 1.165) is 6.42 Å². The predicted molar refractivity (Wildman–Crippen MR) is 48.4 cm³/mol. The second kappa shape index (κ2) is 4.25. The fraction of sp³-hybridized carbons (Fsp3) is 0.778. The van der Waals surface area contributed by atoms with Gasteiger partial charge in [0.25, 0.3) is 0 Å². The van der Waals surface area contributed by atoms with Gasteiger partial charge in [-0.05, 0) is 12.3 Å². The van der Waals surface area contributed by atoms with Crippen LogP contribution in [0, 0.1) is 5.92 Å². The summed E-state index contributed by atoms with van der Waals surface area (Å²) in [7, 11) is 0. The molecule has 0 amide bonds. The number of nitrogens with zero attached hydrogens (tertiary/aromatic N) is 1. The highest BCUT2D eigenvalue weighted by Crippen LogP contribution is 2.15. The molecule has 0 unspecified atom stereocenters. The van der Waals surface area contributed by atoms with E-state index >= 15 is 0 Å². The lowest BCUT2D eigenvalue weighted by Crippen LogP contribution is -2.20. The van der Waals surface area contributed by atoms with Crippen LogP contribution in [0.4, 0.5) is 0 Å². The summed E-state index contributed by atoms with van der Waals surface area (Å²) in [5, 5.41) is 0. The van der Waals surface area contributed by atoms with Gasteiger partial charge in [-0.2, -0.15) is 0 Å². The van der Waals surface area contributed by atoms with Crippen LogP contribution in [0.25, 0.3) is 0 Å². The summed E-state index contributed by atoms with van der Waals surface area (Å²) in [6.07, 6.45) is 1.01. The Labute approximate surface area is 77.9 Å². The van der Waals surface area contributed by atoms with Gasteiger partial charge in [0.1, 0.15) is 0 Å². The molecule has 0 aromatic carbocycles. The predicted octanol–water partition coefficient (Wildman–Crippen LogP) is 1.35. The smallest absolute Gasteiger partial charge is 0.392 e. The minimum atomic E-state index is -0.383. The number of hydrogen-bond donors (Lipinski definition) is 0. The van der Waals surface area contributed by atoms with Crippen molar-refractivity contribution in [1.82, 2.24) is 0 Å². The summed E-state index contributed by atoms with van der Waals surface area (Å²) in [5.41, 5.74) is 0. The second-order valence-electron chi connectivity index (χ2n) is 3.35. The lowest BCUT2D eigenvalue weighted by molar-refractivity contribution is -0.137. The van der Waals surface area contributed by atoms with Gasteiger partial charge in [-0.3, -0.25) is 0 Å². The SMILES string of the molecule is CCCOC1=N[C@@H](C(C)C)C(=O)O1. The standard InChI is InChI=1S/C9H15NO3/c1-4-5-12-9-10-7(6(2)3)8(11)13-9/h6-7H,4-5H2,1-3H3/t7-/m0/s1. The van der Waals surface area contributed by atoms with Crippen molar-refractivity contribution in [2.75, 3.05) is 6.61 Å². The molecule has 74 valence electrons. The van der Waals surface area contributed by atoms with Crippen LogP contribution in [-0.2, 0) is 14.3 Å². The van der Waals surface area contributed by atoms with Crippen LogP contribution in [0.5, 0.6) is 0 Å². The van der Waals surface area contributed by atoms with Crippen molar-refractivity contribution in [3.05, 3.63) is 0 Å². The van der Waals surface area contributed by atoms with Gasteiger partial charge in [-0.15, -0.1) is 0 Å². The Morgan fingerprint density at radius 3 is 2.77 bits per heavy atom. The van der Waals surface area contributed by atoms with Crippen LogP contribution in [0.15, 0.2) is 4.99 Å². The fourth-order valence-corrected chi connectivity index (χ4v) is 1.02. The molecule has 0 radical (unpaired) electrons. The third-order valence-corrected chi connectivity index (χ3v) is 1.74. The number of carbonyl (C=O) groups is 1. The molecule has 0 fully saturated rings. The van der Waals surface area contributed by atoms with E-state index in [1.165, 1.54) is 0 Å². The summed E-state index contributed by atoms with van der Waals surface area (Å²) >= 11 is 0. The van der Waals surface area contributed by atoms with Gasteiger partial charge in [-0.25, -0.2) is 9.79 Å². The molecule has 1 heterocycles. The van der Waals surface area contributed by atoms with Gasteiger partial charge in [0.2, 0.25) is 0 Å². The summed E-state index contributed by atoms with van der Waals surface area (Å²) in [5.74, 6) is -0.142. The van der Waals surface area contributed by atoms with Crippen molar-refractivity contribution in [3.63, 3.8) is 0 Å². The Morgan fingerprint density at radius 2 is 2.31 bits per heavy atom. The molecule has 0 aromatic rings. The maximum atomic E-state index is 11.2. The average molecular weight is 185 g/mol. The number of rotatable bonds is 3. The normalized spacial score (nSPS) is 21.7. The molecular weight excluding hydrogens is 170 g/mol. The van der Waals surface area contributed by atoms with Crippen molar-refractivity contribution in [3.8, 4) is 0 Å². The molecule has 13 heavy (non-hydrogen) atoms. The maximum Gasteiger partial charge on any atom is 0.392 e. The van der Waals surface area contributed by atoms with E-state index in [0.29, 0.717) is 6.61 Å². The Balaban J connectivity index is 2.51. The third-order valence-electron chi connectivity index (χ3n) is 1.74. The van der Waals surface area contributed by atoms with Gasteiger partial charge in [0.15, 0.2) is 6.04 Å². The van der Waals surface area contributed by atoms with Crippen LogP contribution in [-0.4, -0.2) is 24.7 Å². The van der Waals surface area contributed by atoms with Crippen molar-refractivity contribution in [1.29, 1.82) is 0 Å². The Morgan fingerprint density at radius 1 is 1.62 bits per heavy atom. The summed E-state index contributed by atoms with van der Waals surface area (Å²) in [4.78, 5) is 15.2. The minimum absolute atomic E-state index is 0.130. The number of aliphatic imine (C=N–C) groups is 1. The lowest BCUT2D eigenvalue weighted by atomic mass is 10.1. The molecule has 0 N–H and O–H groups in total. The summed E-state index contributed by atoms with van der Waals surface area (Å²) < 4.78 is 9.94. The van der Waals surface area contributed by atoms with E-state index in [4.69, 9.17) is 9.47 Å². The number of carbonyl (C=O) groups excluding carboxylic acids is 1. The summed E-state index contributed by atoms with van der Waals surface area (Å²) in [6.45, 7) is 6.38. The monoisotopic (exact) mass is 185 g/mol. The molecule has 0 bridgehead atoms. The van der Waals surface area contributed by atoms with E-state index in [-0.39, 0.29) is 24.0 Å². The topological polar surface area (TPSA) is 47.9 Å². The maximum absolute atomic E-state index is 11.2. The highest BCUT2D eigenvalue weighted by atomic mass is 16.7. The van der Waals surface area contributed by atoms with Gasteiger partial charge < -0.3 is 9.47 Å². The van der Waals surface area contributed by atoms with E-state index in [1.54, 1.807) is 0 Å². The highest BCUT2D eigenvalue weighted by molar-refractivity contribution is 5.93. The first kappa shape index (κ1) is 10.0. The van der Waals surface area contributed by atoms with Crippen molar-refractivity contribution >= 4 is 12.1 Å². The van der Waals surface area contributed by atoms with Gasteiger partial charge in [-0.1, -0.05) is 20.8 Å². The molecule has 1 aliphatic heterocycles. The number of esters is 1. The molecule has 1 aliphatic rings. The van der Waals surface area contributed by atoms with Crippen molar-refractivity contribution in [2.24, 2.45) is 10.9 Å². The molecule has 0 saturated heterocycles. The average Bonchev–Trinajstić information content (AvgIpc) is 2.43. The van der Waals surface area contributed by atoms with Crippen LogP contribution in [0.2, 0.25) is 0 Å². The van der Waals surface area contributed by atoms with E-state index in [9.17, 15) is 4.79 Å². The molecule has 4 nitrogen and oxygen atoms in total. The van der Waals surface area contributed by atoms with E-state index in [1.807, 2.05) is 20.8 Å². The van der Waals surface area contributed by atoms with Crippen LogP contribution < -0.4 is 0 Å².